The Balaban J connectivity index is 0.00000182. The highest BCUT2D eigenvalue weighted by Crippen LogP contribution is 2.30. The molecule has 0 atom stereocenters. The van der Waals surface area contributed by atoms with E-state index in [2.05, 4.69) is 4.90 Å². The van der Waals surface area contributed by atoms with Crippen LogP contribution in [0.5, 0.6) is 5.75 Å². The minimum Gasteiger partial charge on any atom is -0.496 e. The van der Waals surface area contributed by atoms with Gasteiger partial charge >= 0.3 is 0 Å². The van der Waals surface area contributed by atoms with Crippen molar-refractivity contribution >= 4 is 65.3 Å². The average Bonchev–Trinajstić information content (AvgIpc) is 2.64. The van der Waals surface area contributed by atoms with Crippen molar-refractivity contribution in [2.45, 2.75) is 0 Å². The number of carbonyl (C=O) groups excluding carboxylic acids is 1. The van der Waals surface area contributed by atoms with Gasteiger partial charge in [-0.3, -0.25) is 4.79 Å². The normalized spacial score (nSPS) is 13.4. The number of benzene rings is 2. The summed E-state index contributed by atoms with van der Waals surface area (Å²) in [7, 11) is 1.51. The average molecular weight is 453 g/mol. The number of nitrogens with two attached hydrogens (primary N) is 1. The highest BCUT2D eigenvalue weighted by Gasteiger charge is 2.25. The fourth-order valence-corrected chi connectivity index (χ4v) is 3.18. The summed E-state index contributed by atoms with van der Waals surface area (Å²) in [6, 6.07) is 10.9. The van der Waals surface area contributed by atoms with Gasteiger partial charge < -0.3 is 20.3 Å². The smallest absolute Gasteiger partial charge is 0.257 e. The van der Waals surface area contributed by atoms with Crippen molar-refractivity contribution in [3.8, 4) is 5.75 Å². The molecule has 27 heavy (non-hydrogen) atoms. The van der Waals surface area contributed by atoms with Crippen molar-refractivity contribution in [3.05, 3.63) is 52.0 Å². The number of amides is 1. The summed E-state index contributed by atoms with van der Waals surface area (Å²) in [6.45, 7) is 2.73. The molecule has 0 aliphatic carbocycles. The first-order valence-corrected chi connectivity index (χ1v) is 8.68. The topological polar surface area (TPSA) is 58.8 Å². The maximum atomic E-state index is 12.8. The predicted octanol–water partition coefficient (Wildman–Crippen LogP) is 4.39. The molecule has 3 rings (SSSR count). The molecule has 9 heteroatoms. The Morgan fingerprint density at radius 2 is 1.63 bits per heavy atom. The maximum absolute atomic E-state index is 12.8. The van der Waals surface area contributed by atoms with Crippen molar-refractivity contribution in [3.63, 3.8) is 0 Å². The Bertz CT molecular complexity index is 779. The third kappa shape index (κ3) is 5.26. The number of carbonyl (C=O) groups is 1. The highest BCUT2D eigenvalue weighted by molar-refractivity contribution is 6.33. The standard InChI is InChI=1S/C18H19Cl2N3O2.2ClH/c1-25-17-11-16(21)15(20)10-14(17)18(24)23-8-6-22(7-9-23)13-4-2-12(19)3-5-13;;/h2-5,10-11H,6-9,21H2,1H3;2*1H. The fourth-order valence-electron chi connectivity index (χ4n) is 2.90. The third-order valence-electron chi connectivity index (χ3n) is 4.31. The predicted molar refractivity (Wildman–Crippen MR) is 116 cm³/mol. The maximum Gasteiger partial charge on any atom is 0.257 e. The lowest BCUT2D eigenvalue weighted by Gasteiger charge is -2.36. The van der Waals surface area contributed by atoms with Crippen LogP contribution in [-0.4, -0.2) is 44.1 Å². The number of methoxy groups -OCH3 is 1. The molecular formula is C18H21Cl4N3O2. The van der Waals surface area contributed by atoms with E-state index in [-0.39, 0.29) is 30.7 Å². The first kappa shape index (κ1) is 23.5. The van der Waals surface area contributed by atoms with E-state index < -0.39 is 0 Å². The van der Waals surface area contributed by atoms with Gasteiger partial charge in [0.1, 0.15) is 5.75 Å². The molecule has 0 saturated carbocycles. The molecule has 1 heterocycles. The zero-order valence-electron chi connectivity index (χ0n) is 14.7. The van der Waals surface area contributed by atoms with E-state index in [1.807, 2.05) is 24.3 Å². The minimum absolute atomic E-state index is 0. The molecule has 0 aromatic heterocycles. The summed E-state index contributed by atoms with van der Waals surface area (Å²) in [4.78, 5) is 16.9. The van der Waals surface area contributed by atoms with Crippen LogP contribution in [0.1, 0.15) is 10.4 Å². The fraction of sp³-hybridized carbons (Fsp3) is 0.278. The van der Waals surface area contributed by atoms with Gasteiger partial charge in [-0.1, -0.05) is 23.2 Å². The molecule has 1 fully saturated rings. The zero-order valence-corrected chi connectivity index (χ0v) is 17.8. The molecule has 2 aromatic rings. The summed E-state index contributed by atoms with van der Waals surface area (Å²) in [5, 5.41) is 1.06. The molecule has 1 aliphatic heterocycles. The Labute approximate surface area is 181 Å². The largest absolute Gasteiger partial charge is 0.496 e. The number of hydrogen-bond acceptors (Lipinski definition) is 4. The van der Waals surface area contributed by atoms with Crippen LogP contribution in [0.3, 0.4) is 0 Å². The summed E-state index contributed by atoms with van der Waals surface area (Å²) >= 11 is 12.0. The SMILES string of the molecule is COc1cc(N)c(Cl)cc1C(=O)N1CCN(c2ccc(Cl)cc2)CC1.Cl.Cl. The van der Waals surface area contributed by atoms with Crippen molar-refractivity contribution in [2.75, 3.05) is 43.9 Å². The summed E-state index contributed by atoms with van der Waals surface area (Å²) in [5.41, 5.74) is 7.71. The first-order chi connectivity index (χ1) is 12.0. The highest BCUT2D eigenvalue weighted by atomic mass is 35.5. The van der Waals surface area contributed by atoms with Crippen LogP contribution >= 0.6 is 48.0 Å². The number of rotatable bonds is 3. The number of nitrogen functional groups attached to an aromatic ring is 1. The van der Waals surface area contributed by atoms with Crippen LogP contribution in [0, 0.1) is 0 Å². The molecule has 0 unspecified atom stereocenters. The van der Waals surface area contributed by atoms with Gasteiger partial charge in [-0.25, -0.2) is 0 Å². The van der Waals surface area contributed by atoms with Crippen molar-refractivity contribution in [1.82, 2.24) is 4.90 Å². The Morgan fingerprint density at radius 1 is 1.04 bits per heavy atom. The van der Waals surface area contributed by atoms with E-state index in [0.717, 1.165) is 18.8 Å². The number of nitrogens with zero attached hydrogens (tertiary/aromatic N) is 2. The monoisotopic (exact) mass is 451 g/mol. The van der Waals surface area contributed by atoms with E-state index in [1.54, 1.807) is 17.0 Å². The van der Waals surface area contributed by atoms with Gasteiger partial charge in [0.2, 0.25) is 0 Å². The molecule has 2 aromatic carbocycles. The van der Waals surface area contributed by atoms with E-state index >= 15 is 0 Å². The van der Waals surface area contributed by atoms with Crippen LogP contribution in [0.4, 0.5) is 11.4 Å². The van der Waals surface area contributed by atoms with Gasteiger partial charge in [0.15, 0.2) is 0 Å². The van der Waals surface area contributed by atoms with E-state index in [0.29, 0.717) is 40.1 Å². The molecule has 0 radical (unpaired) electrons. The van der Waals surface area contributed by atoms with Crippen LogP contribution in [-0.2, 0) is 0 Å². The quantitative estimate of drug-likeness (QED) is 0.701. The van der Waals surface area contributed by atoms with Gasteiger partial charge in [-0.15, -0.1) is 24.8 Å². The molecule has 1 saturated heterocycles. The van der Waals surface area contributed by atoms with E-state index in [9.17, 15) is 4.79 Å². The molecule has 0 bridgehead atoms. The zero-order chi connectivity index (χ0) is 18.0. The van der Waals surface area contributed by atoms with Gasteiger partial charge in [0.05, 0.1) is 23.4 Å². The Hall–Kier alpha value is -1.53. The van der Waals surface area contributed by atoms with Crippen LogP contribution in [0.25, 0.3) is 0 Å². The van der Waals surface area contributed by atoms with Crippen LogP contribution in [0.15, 0.2) is 36.4 Å². The lowest BCUT2D eigenvalue weighted by atomic mass is 10.1. The minimum atomic E-state index is -0.102. The van der Waals surface area contributed by atoms with Crippen LogP contribution < -0.4 is 15.4 Å². The lowest BCUT2D eigenvalue weighted by molar-refractivity contribution is 0.0743. The summed E-state index contributed by atoms with van der Waals surface area (Å²) in [6.07, 6.45) is 0. The van der Waals surface area contributed by atoms with Crippen molar-refractivity contribution in [2.24, 2.45) is 0 Å². The number of ether oxygens (including phenoxy) is 1. The number of anilines is 2. The second-order valence-corrected chi connectivity index (χ2v) is 6.67. The molecule has 2 N–H and O–H groups in total. The van der Waals surface area contributed by atoms with E-state index in [1.165, 1.54) is 7.11 Å². The molecule has 1 aliphatic rings. The number of hydrogen-bond donors (Lipinski definition) is 1. The van der Waals surface area contributed by atoms with Crippen LogP contribution in [0.2, 0.25) is 10.0 Å². The lowest BCUT2D eigenvalue weighted by Crippen LogP contribution is -2.48. The Morgan fingerprint density at radius 3 is 2.19 bits per heavy atom. The second kappa shape index (κ2) is 10.1. The number of halogens is 4. The van der Waals surface area contributed by atoms with Gasteiger partial charge in [0, 0.05) is 43.0 Å². The molecule has 5 nitrogen and oxygen atoms in total. The summed E-state index contributed by atoms with van der Waals surface area (Å²) < 4.78 is 5.29. The Kier molecular flexibility index (Phi) is 8.82. The summed E-state index contributed by atoms with van der Waals surface area (Å²) in [5.74, 6) is 0.335. The number of piperazine rings is 1. The molecule has 0 spiro atoms. The van der Waals surface area contributed by atoms with Crippen molar-refractivity contribution < 1.29 is 9.53 Å². The van der Waals surface area contributed by atoms with Gasteiger partial charge in [-0.2, -0.15) is 0 Å². The van der Waals surface area contributed by atoms with Gasteiger partial charge in [-0.05, 0) is 30.3 Å². The molecule has 1 amide bonds. The molecular weight excluding hydrogens is 432 g/mol. The van der Waals surface area contributed by atoms with Crippen molar-refractivity contribution in [1.29, 1.82) is 0 Å². The van der Waals surface area contributed by atoms with E-state index in [4.69, 9.17) is 33.7 Å². The molecule has 148 valence electrons. The second-order valence-electron chi connectivity index (χ2n) is 5.83. The first-order valence-electron chi connectivity index (χ1n) is 7.92. The third-order valence-corrected chi connectivity index (χ3v) is 4.89. The van der Waals surface area contributed by atoms with Gasteiger partial charge in [0.25, 0.3) is 5.91 Å².